The van der Waals surface area contributed by atoms with Gasteiger partial charge in [0.25, 0.3) is 0 Å². The zero-order chi connectivity index (χ0) is 13.2. The third-order valence-corrected chi connectivity index (χ3v) is 2.91. The molecule has 18 heavy (non-hydrogen) atoms. The van der Waals surface area contributed by atoms with E-state index in [0.29, 0.717) is 18.6 Å². The highest BCUT2D eigenvalue weighted by atomic mass is 16.5. The van der Waals surface area contributed by atoms with Gasteiger partial charge in [-0.25, -0.2) is 0 Å². The summed E-state index contributed by atoms with van der Waals surface area (Å²) >= 11 is 0. The highest BCUT2D eigenvalue weighted by molar-refractivity contribution is 5.80. The number of ether oxygens (including phenoxy) is 1. The van der Waals surface area contributed by atoms with E-state index in [1.165, 1.54) is 25.7 Å². The molecule has 100 valence electrons. The van der Waals surface area contributed by atoms with Gasteiger partial charge >= 0.3 is 0 Å². The molecule has 0 aliphatic heterocycles. The first-order chi connectivity index (χ1) is 8.79. The molecule has 1 aromatic carbocycles. The number of aldehydes is 1. The van der Waals surface area contributed by atoms with Gasteiger partial charge in [0.05, 0.1) is 12.2 Å². The molecule has 0 aliphatic rings. The topological polar surface area (TPSA) is 46.5 Å². The fourth-order valence-corrected chi connectivity index (χ4v) is 1.82. The molecule has 1 aromatic rings. The number of para-hydroxylation sites is 1. The first-order valence-electron chi connectivity index (χ1n) is 6.69. The second-order valence-corrected chi connectivity index (χ2v) is 4.43. The van der Waals surface area contributed by atoms with Crippen molar-refractivity contribution in [1.82, 2.24) is 0 Å². The predicted molar refractivity (Wildman–Crippen MR) is 72.4 cm³/mol. The van der Waals surface area contributed by atoms with Crippen LogP contribution in [0.25, 0.3) is 0 Å². The summed E-state index contributed by atoms with van der Waals surface area (Å²) in [6, 6.07) is 4.96. The highest BCUT2D eigenvalue weighted by Gasteiger charge is 2.06. The van der Waals surface area contributed by atoms with E-state index in [-0.39, 0.29) is 11.3 Å². The van der Waals surface area contributed by atoms with Gasteiger partial charge in [-0.15, -0.1) is 0 Å². The third kappa shape index (κ3) is 4.78. The van der Waals surface area contributed by atoms with Crippen molar-refractivity contribution in [3.8, 4) is 11.5 Å². The number of hydrogen-bond donors (Lipinski definition) is 1. The van der Waals surface area contributed by atoms with Gasteiger partial charge in [0.1, 0.15) is 0 Å². The standard InChI is InChI=1S/C15H22O3/c1-2-3-4-5-6-7-11-18-14-10-8-9-13(12-16)15(14)17/h8-10,12,17H,2-7,11H2,1H3. The van der Waals surface area contributed by atoms with E-state index in [0.717, 1.165) is 12.8 Å². The lowest BCUT2D eigenvalue weighted by atomic mass is 10.1. The molecule has 0 aromatic heterocycles. The van der Waals surface area contributed by atoms with Crippen LogP contribution in [0.5, 0.6) is 11.5 Å². The summed E-state index contributed by atoms with van der Waals surface area (Å²) in [6.45, 7) is 2.79. The Bertz CT molecular complexity index is 361. The fraction of sp³-hybridized carbons (Fsp3) is 0.533. The minimum absolute atomic E-state index is 0.0570. The molecular weight excluding hydrogens is 228 g/mol. The van der Waals surface area contributed by atoms with E-state index >= 15 is 0 Å². The van der Waals surface area contributed by atoms with Gasteiger partial charge in [0.2, 0.25) is 0 Å². The van der Waals surface area contributed by atoms with Crippen molar-refractivity contribution in [2.45, 2.75) is 45.4 Å². The largest absolute Gasteiger partial charge is 0.504 e. The summed E-state index contributed by atoms with van der Waals surface area (Å²) in [5.74, 6) is 0.339. The molecule has 0 heterocycles. The van der Waals surface area contributed by atoms with E-state index in [2.05, 4.69) is 6.92 Å². The Hall–Kier alpha value is -1.51. The molecule has 0 radical (unpaired) electrons. The normalized spacial score (nSPS) is 10.3. The first-order valence-corrected chi connectivity index (χ1v) is 6.69. The highest BCUT2D eigenvalue weighted by Crippen LogP contribution is 2.28. The molecule has 0 saturated heterocycles. The zero-order valence-electron chi connectivity index (χ0n) is 11.0. The zero-order valence-corrected chi connectivity index (χ0v) is 11.0. The quantitative estimate of drug-likeness (QED) is 0.533. The van der Waals surface area contributed by atoms with Crippen LogP contribution in [0, 0.1) is 0 Å². The van der Waals surface area contributed by atoms with Crippen LogP contribution in [0.3, 0.4) is 0 Å². The summed E-state index contributed by atoms with van der Waals surface area (Å²) in [4.78, 5) is 10.6. The van der Waals surface area contributed by atoms with Crippen molar-refractivity contribution in [1.29, 1.82) is 0 Å². The Morgan fingerprint density at radius 3 is 2.61 bits per heavy atom. The molecule has 3 nitrogen and oxygen atoms in total. The lowest BCUT2D eigenvalue weighted by molar-refractivity contribution is 0.112. The summed E-state index contributed by atoms with van der Waals surface area (Å²) in [5, 5.41) is 9.71. The first kappa shape index (κ1) is 14.6. The summed E-state index contributed by atoms with van der Waals surface area (Å²) in [6.07, 6.45) is 7.82. The Balaban J connectivity index is 2.25. The number of carbonyl (C=O) groups excluding carboxylic acids is 1. The molecule has 0 atom stereocenters. The van der Waals surface area contributed by atoms with Crippen molar-refractivity contribution in [3.63, 3.8) is 0 Å². The van der Waals surface area contributed by atoms with Crippen molar-refractivity contribution >= 4 is 6.29 Å². The minimum Gasteiger partial charge on any atom is -0.504 e. The van der Waals surface area contributed by atoms with Crippen molar-refractivity contribution < 1.29 is 14.6 Å². The van der Waals surface area contributed by atoms with E-state index in [1.54, 1.807) is 18.2 Å². The molecule has 0 spiro atoms. The molecule has 0 fully saturated rings. The molecule has 0 saturated carbocycles. The van der Waals surface area contributed by atoms with Gasteiger partial charge in [-0.1, -0.05) is 45.1 Å². The average Bonchev–Trinajstić information content (AvgIpc) is 2.39. The Kier molecular flexibility index (Phi) is 6.92. The summed E-state index contributed by atoms with van der Waals surface area (Å²) in [5.41, 5.74) is 0.274. The van der Waals surface area contributed by atoms with Crippen LogP contribution < -0.4 is 4.74 Å². The van der Waals surface area contributed by atoms with Crippen molar-refractivity contribution in [2.24, 2.45) is 0 Å². The SMILES string of the molecule is CCCCCCCCOc1cccc(C=O)c1O. The van der Waals surface area contributed by atoms with Gasteiger partial charge in [0, 0.05) is 0 Å². The Labute approximate surface area is 109 Å². The average molecular weight is 250 g/mol. The molecule has 0 amide bonds. The maximum Gasteiger partial charge on any atom is 0.168 e. The van der Waals surface area contributed by atoms with Crippen LogP contribution in [-0.2, 0) is 0 Å². The van der Waals surface area contributed by atoms with Gasteiger partial charge in [0.15, 0.2) is 17.8 Å². The molecule has 0 unspecified atom stereocenters. The lowest BCUT2D eigenvalue weighted by Crippen LogP contribution is -1.98. The molecule has 1 rings (SSSR count). The molecule has 0 aliphatic carbocycles. The van der Waals surface area contributed by atoms with Crippen molar-refractivity contribution in [2.75, 3.05) is 6.61 Å². The Morgan fingerprint density at radius 2 is 1.89 bits per heavy atom. The number of carbonyl (C=O) groups is 1. The van der Waals surface area contributed by atoms with E-state index < -0.39 is 0 Å². The predicted octanol–water partition coefficient (Wildman–Crippen LogP) is 3.94. The molecular formula is C15H22O3. The van der Waals surface area contributed by atoms with Gasteiger partial charge in [-0.2, -0.15) is 0 Å². The minimum atomic E-state index is -0.0570. The van der Waals surface area contributed by atoms with Crippen LogP contribution in [0.2, 0.25) is 0 Å². The molecule has 1 N–H and O–H groups in total. The van der Waals surface area contributed by atoms with Gasteiger partial charge in [-0.3, -0.25) is 4.79 Å². The second-order valence-electron chi connectivity index (χ2n) is 4.43. The third-order valence-electron chi connectivity index (χ3n) is 2.91. The fourth-order valence-electron chi connectivity index (χ4n) is 1.82. The number of phenolic OH excluding ortho intramolecular Hbond substituents is 1. The summed E-state index contributed by atoms with van der Waals surface area (Å²) in [7, 11) is 0. The van der Waals surface area contributed by atoms with E-state index in [9.17, 15) is 9.90 Å². The number of rotatable bonds is 9. The number of hydrogen-bond acceptors (Lipinski definition) is 3. The summed E-state index contributed by atoms with van der Waals surface area (Å²) < 4.78 is 5.48. The van der Waals surface area contributed by atoms with Gasteiger partial charge in [-0.05, 0) is 18.6 Å². The molecule has 3 heteroatoms. The smallest absolute Gasteiger partial charge is 0.168 e. The van der Waals surface area contributed by atoms with Crippen LogP contribution >= 0.6 is 0 Å². The van der Waals surface area contributed by atoms with Crippen LogP contribution in [0.15, 0.2) is 18.2 Å². The molecule has 0 bridgehead atoms. The number of benzene rings is 1. The number of unbranched alkanes of at least 4 members (excludes halogenated alkanes) is 5. The van der Waals surface area contributed by atoms with Crippen LogP contribution in [-0.4, -0.2) is 18.0 Å². The number of aromatic hydroxyl groups is 1. The van der Waals surface area contributed by atoms with E-state index in [4.69, 9.17) is 4.74 Å². The lowest BCUT2D eigenvalue weighted by Gasteiger charge is -2.08. The number of phenols is 1. The van der Waals surface area contributed by atoms with Crippen LogP contribution in [0.4, 0.5) is 0 Å². The monoisotopic (exact) mass is 250 g/mol. The van der Waals surface area contributed by atoms with Crippen LogP contribution in [0.1, 0.15) is 55.8 Å². The van der Waals surface area contributed by atoms with Crippen molar-refractivity contribution in [3.05, 3.63) is 23.8 Å². The Morgan fingerprint density at radius 1 is 1.17 bits per heavy atom. The maximum atomic E-state index is 10.6. The van der Waals surface area contributed by atoms with E-state index in [1.807, 2.05) is 0 Å². The second kappa shape index (κ2) is 8.56. The van der Waals surface area contributed by atoms with Gasteiger partial charge < -0.3 is 9.84 Å². The maximum absolute atomic E-state index is 10.6.